The van der Waals surface area contributed by atoms with Crippen LogP contribution >= 0.6 is 15.9 Å². The zero-order chi connectivity index (χ0) is 16.2. The van der Waals surface area contributed by atoms with Gasteiger partial charge in [0.25, 0.3) is 0 Å². The summed E-state index contributed by atoms with van der Waals surface area (Å²) in [6, 6.07) is 14.6. The topological polar surface area (TPSA) is 48.7 Å². The second-order valence-electron chi connectivity index (χ2n) is 4.94. The zero-order valence-corrected chi connectivity index (χ0v) is 14.1. The molecule has 3 rings (SSSR count). The fraction of sp³-hybridized carbons (Fsp3) is 0.167. The molecule has 0 fully saturated rings. The molecule has 23 heavy (non-hydrogen) atoms. The molecule has 0 aliphatic heterocycles. The van der Waals surface area contributed by atoms with Crippen LogP contribution in [0.3, 0.4) is 0 Å². The molecule has 1 aromatic heterocycles. The van der Waals surface area contributed by atoms with Crippen molar-refractivity contribution in [2.24, 2.45) is 0 Å². The molecule has 0 amide bonds. The Morgan fingerprint density at radius 1 is 1.09 bits per heavy atom. The second kappa shape index (κ2) is 6.87. The normalized spacial score (nSPS) is 10.7. The minimum atomic E-state index is -0.440. The lowest BCUT2D eigenvalue weighted by Gasteiger charge is -2.09. The Morgan fingerprint density at radius 3 is 2.74 bits per heavy atom. The van der Waals surface area contributed by atoms with Crippen LogP contribution in [0.25, 0.3) is 11.0 Å². The third-order valence-electron chi connectivity index (χ3n) is 3.27. The van der Waals surface area contributed by atoms with Gasteiger partial charge in [-0.1, -0.05) is 28.1 Å². The van der Waals surface area contributed by atoms with Crippen LogP contribution < -0.4 is 15.1 Å². The first-order valence-electron chi connectivity index (χ1n) is 7.23. The average Bonchev–Trinajstić information content (AvgIpc) is 2.53. The molecule has 0 aliphatic carbocycles. The van der Waals surface area contributed by atoms with E-state index in [2.05, 4.69) is 15.9 Å². The van der Waals surface area contributed by atoms with Crippen molar-refractivity contribution in [2.75, 3.05) is 6.61 Å². The van der Waals surface area contributed by atoms with Crippen LogP contribution in [0.2, 0.25) is 0 Å². The molecule has 5 heteroatoms. The number of benzene rings is 2. The minimum absolute atomic E-state index is 0.431. The first-order valence-corrected chi connectivity index (χ1v) is 8.03. The van der Waals surface area contributed by atoms with Crippen LogP contribution in [0.5, 0.6) is 11.5 Å². The lowest BCUT2D eigenvalue weighted by Crippen LogP contribution is -2.01. The molecule has 0 atom stereocenters. The van der Waals surface area contributed by atoms with E-state index < -0.39 is 5.63 Å². The van der Waals surface area contributed by atoms with Gasteiger partial charge in [0.15, 0.2) is 0 Å². The highest BCUT2D eigenvalue weighted by Crippen LogP contribution is 2.27. The van der Waals surface area contributed by atoms with Crippen molar-refractivity contribution < 1.29 is 13.9 Å². The lowest BCUT2D eigenvalue weighted by molar-refractivity contribution is 0.306. The molecular formula is C18H15BrO4. The molecule has 0 bridgehead atoms. The maximum atomic E-state index is 11.6. The van der Waals surface area contributed by atoms with E-state index in [-0.39, 0.29) is 0 Å². The highest BCUT2D eigenvalue weighted by atomic mass is 79.9. The van der Waals surface area contributed by atoms with Gasteiger partial charge in [-0.05, 0) is 36.8 Å². The summed E-state index contributed by atoms with van der Waals surface area (Å²) in [6.07, 6.45) is 0. The van der Waals surface area contributed by atoms with Gasteiger partial charge in [-0.15, -0.1) is 0 Å². The Labute approximate surface area is 141 Å². The standard InChI is InChI=1S/C18H15BrO4/c1-2-21-16-10-18(20)23-17-9-14(6-7-15(16)17)22-11-12-4-3-5-13(19)8-12/h3-10H,2,11H2,1H3. The predicted molar refractivity (Wildman–Crippen MR) is 92.1 cm³/mol. The van der Waals surface area contributed by atoms with Gasteiger partial charge >= 0.3 is 5.63 Å². The summed E-state index contributed by atoms with van der Waals surface area (Å²) < 4.78 is 17.5. The highest BCUT2D eigenvalue weighted by Gasteiger charge is 2.08. The van der Waals surface area contributed by atoms with E-state index in [4.69, 9.17) is 13.9 Å². The van der Waals surface area contributed by atoms with Crippen molar-refractivity contribution in [1.29, 1.82) is 0 Å². The van der Waals surface area contributed by atoms with Crippen molar-refractivity contribution in [3.05, 3.63) is 69.0 Å². The van der Waals surface area contributed by atoms with Crippen molar-refractivity contribution in [3.8, 4) is 11.5 Å². The molecule has 118 valence electrons. The van der Waals surface area contributed by atoms with Gasteiger partial charge in [0.05, 0.1) is 18.1 Å². The fourth-order valence-electron chi connectivity index (χ4n) is 2.27. The lowest BCUT2D eigenvalue weighted by atomic mass is 10.2. The molecule has 4 nitrogen and oxygen atoms in total. The molecule has 0 saturated heterocycles. The summed E-state index contributed by atoms with van der Waals surface area (Å²) in [4.78, 5) is 11.6. The van der Waals surface area contributed by atoms with Crippen molar-refractivity contribution in [3.63, 3.8) is 0 Å². The maximum absolute atomic E-state index is 11.6. The van der Waals surface area contributed by atoms with Crippen molar-refractivity contribution >= 4 is 26.9 Å². The highest BCUT2D eigenvalue weighted by molar-refractivity contribution is 9.10. The summed E-state index contributed by atoms with van der Waals surface area (Å²) in [5, 5.41) is 0.751. The van der Waals surface area contributed by atoms with Crippen LogP contribution in [0.15, 0.2) is 62.2 Å². The van der Waals surface area contributed by atoms with E-state index in [0.29, 0.717) is 30.3 Å². The van der Waals surface area contributed by atoms with Gasteiger partial charge in [0.2, 0.25) is 0 Å². The number of rotatable bonds is 5. The average molecular weight is 375 g/mol. The molecule has 0 unspecified atom stereocenters. The number of ether oxygens (including phenoxy) is 2. The largest absolute Gasteiger partial charge is 0.493 e. The number of hydrogen-bond donors (Lipinski definition) is 0. The van der Waals surface area contributed by atoms with Gasteiger partial charge in [0, 0.05) is 10.5 Å². The Morgan fingerprint density at radius 2 is 1.96 bits per heavy atom. The minimum Gasteiger partial charge on any atom is -0.493 e. The van der Waals surface area contributed by atoms with Crippen molar-refractivity contribution in [2.45, 2.75) is 13.5 Å². The molecular weight excluding hydrogens is 360 g/mol. The predicted octanol–water partition coefficient (Wildman–Crippen LogP) is 4.53. The third kappa shape index (κ3) is 3.74. The zero-order valence-electron chi connectivity index (χ0n) is 12.5. The van der Waals surface area contributed by atoms with E-state index >= 15 is 0 Å². The van der Waals surface area contributed by atoms with Crippen LogP contribution in [0.1, 0.15) is 12.5 Å². The maximum Gasteiger partial charge on any atom is 0.339 e. The number of halogens is 1. The van der Waals surface area contributed by atoms with E-state index in [0.717, 1.165) is 15.4 Å². The number of hydrogen-bond acceptors (Lipinski definition) is 4. The molecule has 3 aromatic rings. The third-order valence-corrected chi connectivity index (χ3v) is 3.77. The first kappa shape index (κ1) is 15.6. The quantitative estimate of drug-likeness (QED) is 0.615. The molecule has 0 N–H and O–H groups in total. The van der Waals surface area contributed by atoms with E-state index in [9.17, 15) is 4.79 Å². The van der Waals surface area contributed by atoms with E-state index in [1.807, 2.05) is 43.3 Å². The molecule has 1 heterocycles. The molecule has 0 aliphatic rings. The van der Waals surface area contributed by atoms with Crippen LogP contribution in [-0.4, -0.2) is 6.61 Å². The summed E-state index contributed by atoms with van der Waals surface area (Å²) in [5.41, 5.74) is 1.06. The first-order chi connectivity index (χ1) is 11.2. The Hall–Kier alpha value is -2.27. The Balaban J connectivity index is 1.86. The van der Waals surface area contributed by atoms with Gasteiger partial charge in [-0.2, -0.15) is 0 Å². The monoisotopic (exact) mass is 374 g/mol. The fourth-order valence-corrected chi connectivity index (χ4v) is 2.72. The molecule has 0 spiro atoms. The Bertz CT molecular complexity index is 886. The van der Waals surface area contributed by atoms with Gasteiger partial charge in [-0.25, -0.2) is 4.79 Å². The summed E-state index contributed by atoms with van der Waals surface area (Å²) in [7, 11) is 0. The second-order valence-corrected chi connectivity index (χ2v) is 5.85. The number of fused-ring (bicyclic) bond motifs is 1. The summed E-state index contributed by atoms with van der Waals surface area (Å²) in [5.74, 6) is 1.16. The van der Waals surface area contributed by atoms with Gasteiger partial charge in [-0.3, -0.25) is 0 Å². The van der Waals surface area contributed by atoms with E-state index in [1.54, 1.807) is 6.07 Å². The SMILES string of the molecule is CCOc1cc(=O)oc2cc(OCc3cccc(Br)c3)ccc12. The summed E-state index contributed by atoms with van der Waals surface area (Å²) >= 11 is 3.43. The van der Waals surface area contributed by atoms with Crippen LogP contribution in [-0.2, 0) is 6.61 Å². The van der Waals surface area contributed by atoms with Crippen molar-refractivity contribution in [1.82, 2.24) is 0 Å². The molecule has 0 saturated carbocycles. The van der Waals surface area contributed by atoms with Crippen LogP contribution in [0, 0.1) is 0 Å². The Kier molecular flexibility index (Phi) is 4.67. The van der Waals surface area contributed by atoms with E-state index in [1.165, 1.54) is 6.07 Å². The molecule has 2 aromatic carbocycles. The molecule has 0 radical (unpaired) electrons. The summed E-state index contributed by atoms with van der Waals surface area (Å²) in [6.45, 7) is 2.79. The smallest absolute Gasteiger partial charge is 0.339 e. The van der Waals surface area contributed by atoms with Crippen LogP contribution in [0.4, 0.5) is 0 Å². The van der Waals surface area contributed by atoms with Gasteiger partial charge in [0.1, 0.15) is 23.7 Å². The van der Waals surface area contributed by atoms with Gasteiger partial charge < -0.3 is 13.9 Å².